The zero-order valence-corrected chi connectivity index (χ0v) is 17.5. The van der Waals surface area contributed by atoms with Crippen molar-refractivity contribution in [2.45, 2.75) is 19.4 Å². The summed E-state index contributed by atoms with van der Waals surface area (Å²) in [5.41, 5.74) is 9.69. The summed E-state index contributed by atoms with van der Waals surface area (Å²) in [7, 11) is 0. The maximum Gasteiger partial charge on any atom is 0.251 e. The molecule has 0 saturated carbocycles. The number of halogens is 1. The highest BCUT2D eigenvalue weighted by atomic mass is 35.5. The molecule has 10 heteroatoms. The van der Waals surface area contributed by atoms with Gasteiger partial charge in [-0.2, -0.15) is 5.10 Å². The first kappa shape index (κ1) is 19.4. The van der Waals surface area contributed by atoms with Gasteiger partial charge in [0.25, 0.3) is 5.91 Å². The van der Waals surface area contributed by atoms with E-state index in [-0.39, 0.29) is 17.8 Å². The summed E-state index contributed by atoms with van der Waals surface area (Å²) in [6, 6.07) is 9.28. The van der Waals surface area contributed by atoms with Crippen LogP contribution in [0.5, 0.6) is 0 Å². The SMILES string of the molecule is Cc1cc(-n2cncn2)ccc1C(=O)NC1CCN(c2ccc(Cl)c3c(N)noc23)C1. The Balaban J connectivity index is 1.30. The average molecular weight is 438 g/mol. The number of aryl methyl sites for hydroxylation is 1. The van der Waals surface area contributed by atoms with Crippen LogP contribution < -0.4 is 16.0 Å². The van der Waals surface area contributed by atoms with Crippen molar-refractivity contribution < 1.29 is 9.32 Å². The highest BCUT2D eigenvalue weighted by Crippen LogP contribution is 2.36. The zero-order chi connectivity index (χ0) is 21.5. The maximum atomic E-state index is 12.9. The summed E-state index contributed by atoms with van der Waals surface area (Å²) in [6.45, 7) is 3.33. The fraction of sp³-hybridized carbons (Fsp3) is 0.238. The molecule has 4 aromatic rings. The number of aromatic nitrogens is 4. The van der Waals surface area contributed by atoms with Gasteiger partial charge in [-0.1, -0.05) is 16.8 Å². The monoisotopic (exact) mass is 437 g/mol. The van der Waals surface area contributed by atoms with Gasteiger partial charge in [0.2, 0.25) is 0 Å². The Bertz CT molecular complexity index is 1270. The molecule has 3 heterocycles. The van der Waals surface area contributed by atoms with Crippen LogP contribution in [0.25, 0.3) is 16.7 Å². The minimum atomic E-state index is -0.0975. The largest absolute Gasteiger partial charge is 0.380 e. The Kier molecular flexibility index (Phi) is 4.74. The lowest BCUT2D eigenvalue weighted by atomic mass is 10.1. The van der Waals surface area contributed by atoms with Crippen molar-refractivity contribution in [1.82, 2.24) is 25.2 Å². The molecule has 2 aromatic carbocycles. The number of nitrogens with two attached hydrogens (primary N) is 1. The smallest absolute Gasteiger partial charge is 0.251 e. The van der Waals surface area contributed by atoms with Crippen molar-refractivity contribution >= 4 is 40.0 Å². The zero-order valence-electron chi connectivity index (χ0n) is 16.7. The van der Waals surface area contributed by atoms with Crippen molar-refractivity contribution in [1.29, 1.82) is 0 Å². The minimum absolute atomic E-state index is 0.00730. The molecule has 3 N–H and O–H groups in total. The average Bonchev–Trinajstić information content (AvgIpc) is 3.50. The fourth-order valence-corrected chi connectivity index (χ4v) is 4.26. The van der Waals surface area contributed by atoms with Crippen molar-refractivity contribution in [3.63, 3.8) is 0 Å². The molecule has 9 nitrogen and oxygen atoms in total. The number of fused-ring (bicyclic) bond motifs is 1. The van der Waals surface area contributed by atoms with Crippen molar-refractivity contribution in [3.8, 4) is 5.69 Å². The first-order chi connectivity index (χ1) is 15.0. The van der Waals surface area contributed by atoms with Crippen LogP contribution in [0.15, 0.2) is 47.5 Å². The molecule has 0 spiro atoms. The first-order valence-electron chi connectivity index (χ1n) is 9.86. The first-order valence-corrected chi connectivity index (χ1v) is 10.2. The number of hydrogen-bond donors (Lipinski definition) is 2. The molecular formula is C21H20ClN7O2. The molecule has 1 fully saturated rings. The quantitative estimate of drug-likeness (QED) is 0.504. The lowest BCUT2D eigenvalue weighted by molar-refractivity contribution is 0.0940. The second-order valence-electron chi connectivity index (χ2n) is 7.58. The molecular weight excluding hydrogens is 418 g/mol. The van der Waals surface area contributed by atoms with Gasteiger partial charge in [0.1, 0.15) is 12.7 Å². The Morgan fingerprint density at radius 2 is 2.19 bits per heavy atom. The maximum absolute atomic E-state index is 12.9. The lowest BCUT2D eigenvalue weighted by Crippen LogP contribution is -2.37. The van der Waals surface area contributed by atoms with E-state index in [4.69, 9.17) is 21.9 Å². The number of anilines is 2. The lowest BCUT2D eigenvalue weighted by Gasteiger charge is -2.19. The Labute approximate surface area is 182 Å². The van der Waals surface area contributed by atoms with Gasteiger partial charge in [-0.25, -0.2) is 9.67 Å². The highest BCUT2D eigenvalue weighted by molar-refractivity contribution is 6.36. The number of rotatable bonds is 4. The highest BCUT2D eigenvalue weighted by Gasteiger charge is 2.28. The summed E-state index contributed by atoms with van der Waals surface area (Å²) in [6.07, 6.45) is 3.91. The van der Waals surface area contributed by atoms with Crippen molar-refractivity contribution in [2.24, 2.45) is 0 Å². The summed E-state index contributed by atoms with van der Waals surface area (Å²) >= 11 is 6.24. The van der Waals surface area contributed by atoms with E-state index in [1.165, 1.54) is 6.33 Å². The summed E-state index contributed by atoms with van der Waals surface area (Å²) < 4.78 is 7.08. The summed E-state index contributed by atoms with van der Waals surface area (Å²) in [4.78, 5) is 19.0. The van der Waals surface area contributed by atoms with Gasteiger partial charge in [-0.3, -0.25) is 4.79 Å². The van der Waals surface area contributed by atoms with E-state index in [1.807, 2.05) is 31.2 Å². The van der Waals surface area contributed by atoms with Gasteiger partial charge in [-0.15, -0.1) is 0 Å². The molecule has 0 aliphatic carbocycles. The third-order valence-electron chi connectivity index (χ3n) is 5.58. The predicted octanol–water partition coefficient (Wildman–Crippen LogP) is 2.96. The van der Waals surface area contributed by atoms with E-state index in [9.17, 15) is 4.79 Å². The molecule has 1 unspecified atom stereocenters. The van der Waals surface area contributed by atoms with Gasteiger partial charge in [0.15, 0.2) is 11.4 Å². The standard InChI is InChI=1S/C21H20ClN7O2/c1-12-8-14(29-11-24-10-25-29)2-3-15(12)21(30)26-13-6-7-28(9-13)17-5-4-16(22)18-19(17)31-27-20(18)23/h2-5,8,10-11,13H,6-7,9H2,1H3,(H2,23,27)(H,26,30). The van der Waals surface area contributed by atoms with Gasteiger partial charge < -0.3 is 20.5 Å². The summed E-state index contributed by atoms with van der Waals surface area (Å²) in [5, 5.41) is 12.2. The van der Waals surface area contributed by atoms with Crippen molar-refractivity contribution in [2.75, 3.05) is 23.7 Å². The molecule has 158 valence electrons. The molecule has 5 rings (SSSR count). The van der Waals surface area contributed by atoms with Crippen LogP contribution in [0.3, 0.4) is 0 Å². The third-order valence-corrected chi connectivity index (χ3v) is 5.89. The van der Waals surface area contributed by atoms with Crippen LogP contribution in [-0.2, 0) is 0 Å². The fourth-order valence-electron chi connectivity index (χ4n) is 4.01. The van der Waals surface area contributed by atoms with Gasteiger partial charge in [0, 0.05) is 24.7 Å². The van der Waals surface area contributed by atoms with E-state index in [2.05, 4.69) is 25.5 Å². The van der Waals surface area contributed by atoms with Crippen LogP contribution in [0.1, 0.15) is 22.3 Å². The van der Waals surface area contributed by atoms with Gasteiger partial charge >= 0.3 is 0 Å². The summed E-state index contributed by atoms with van der Waals surface area (Å²) in [5.74, 6) is 0.176. The number of nitrogens with one attached hydrogen (secondary N) is 1. The van der Waals surface area contributed by atoms with E-state index < -0.39 is 0 Å². The van der Waals surface area contributed by atoms with Gasteiger partial charge in [0.05, 0.1) is 21.8 Å². The second-order valence-corrected chi connectivity index (χ2v) is 7.99. The molecule has 1 atom stereocenters. The molecule has 1 aliphatic heterocycles. The molecule has 2 aromatic heterocycles. The van der Waals surface area contributed by atoms with E-state index >= 15 is 0 Å². The van der Waals surface area contributed by atoms with Crippen LogP contribution in [0.4, 0.5) is 11.5 Å². The number of carbonyl (C=O) groups is 1. The minimum Gasteiger partial charge on any atom is -0.380 e. The van der Waals surface area contributed by atoms with Crippen molar-refractivity contribution in [3.05, 3.63) is 59.1 Å². The molecule has 1 aliphatic rings. The van der Waals surface area contributed by atoms with Gasteiger partial charge in [-0.05, 0) is 49.2 Å². The van der Waals surface area contributed by atoms with E-state index in [1.54, 1.807) is 17.1 Å². The van der Waals surface area contributed by atoms with E-state index in [0.29, 0.717) is 28.1 Å². The number of carbonyl (C=O) groups excluding carboxylic acids is 1. The number of hydrogen-bond acceptors (Lipinski definition) is 7. The Hall–Kier alpha value is -3.59. The van der Waals surface area contributed by atoms with Crippen LogP contribution in [0, 0.1) is 6.92 Å². The normalized spacial score (nSPS) is 16.2. The Morgan fingerprint density at radius 3 is 2.97 bits per heavy atom. The third kappa shape index (κ3) is 3.46. The van der Waals surface area contributed by atoms with E-state index in [0.717, 1.165) is 29.9 Å². The molecule has 1 amide bonds. The second kappa shape index (κ2) is 7.59. The molecule has 0 radical (unpaired) electrons. The van der Waals surface area contributed by atoms with Crippen LogP contribution in [0.2, 0.25) is 5.02 Å². The number of amides is 1. The molecule has 1 saturated heterocycles. The number of benzene rings is 2. The predicted molar refractivity (Wildman–Crippen MR) is 118 cm³/mol. The number of nitrogen functional groups attached to an aromatic ring is 1. The molecule has 0 bridgehead atoms. The van der Waals surface area contributed by atoms with Crippen LogP contribution >= 0.6 is 11.6 Å². The van der Waals surface area contributed by atoms with Crippen LogP contribution in [-0.4, -0.2) is 45.0 Å². The topological polar surface area (TPSA) is 115 Å². The molecule has 31 heavy (non-hydrogen) atoms. The number of nitrogens with zero attached hydrogens (tertiary/aromatic N) is 5. The Morgan fingerprint density at radius 1 is 1.32 bits per heavy atom.